The van der Waals surface area contributed by atoms with Gasteiger partial charge in [0.05, 0.1) is 4.91 Å². The third-order valence-electron chi connectivity index (χ3n) is 3.71. The van der Waals surface area contributed by atoms with Crippen LogP contribution in [0.15, 0.2) is 29.2 Å². The largest absolute Gasteiger partial charge is 0.354 e. The number of benzene rings is 1. The SMILES string of the molecule is CCCCCC(=O)NCCN1C(=O)S/C(=C/c2ccc(Cl)cc2)C1=O. The zero-order chi connectivity index (χ0) is 18.2. The summed E-state index contributed by atoms with van der Waals surface area (Å²) in [6.45, 7) is 2.54. The van der Waals surface area contributed by atoms with Gasteiger partial charge >= 0.3 is 0 Å². The van der Waals surface area contributed by atoms with Gasteiger partial charge in [0.25, 0.3) is 11.1 Å². The van der Waals surface area contributed by atoms with E-state index in [0.29, 0.717) is 16.3 Å². The van der Waals surface area contributed by atoms with Gasteiger partial charge in [-0.2, -0.15) is 0 Å². The number of nitrogens with zero attached hydrogens (tertiary/aromatic N) is 1. The second-order valence-electron chi connectivity index (χ2n) is 5.69. The molecule has 2 rings (SSSR count). The average molecular weight is 381 g/mol. The molecule has 1 aromatic rings. The van der Waals surface area contributed by atoms with Gasteiger partial charge in [-0.25, -0.2) is 0 Å². The molecule has 1 aliphatic rings. The van der Waals surface area contributed by atoms with E-state index >= 15 is 0 Å². The lowest BCUT2D eigenvalue weighted by Crippen LogP contribution is -2.37. The summed E-state index contributed by atoms with van der Waals surface area (Å²) in [6.07, 6.45) is 5.08. The Balaban J connectivity index is 1.86. The van der Waals surface area contributed by atoms with Gasteiger partial charge in [-0.1, -0.05) is 43.5 Å². The smallest absolute Gasteiger partial charge is 0.293 e. The van der Waals surface area contributed by atoms with E-state index in [-0.39, 0.29) is 30.1 Å². The number of thioether (sulfide) groups is 1. The molecule has 1 N–H and O–H groups in total. The molecule has 134 valence electrons. The lowest BCUT2D eigenvalue weighted by molar-refractivity contribution is -0.124. The van der Waals surface area contributed by atoms with Gasteiger partial charge in [0, 0.05) is 24.5 Å². The molecule has 25 heavy (non-hydrogen) atoms. The molecular weight excluding hydrogens is 360 g/mol. The number of unbranched alkanes of at least 4 members (excludes halogenated alkanes) is 2. The quantitative estimate of drug-likeness (QED) is 0.545. The summed E-state index contributed by atoms with van der Waals surface area (Å²) in [5.74, 6) is -0.373. The maximum atomic E-state index is 12.4. The molecule has 1 aliphatic heterocycles. The number of nitrogens with one attached hydrogen (secondary N) is 1. The van der Waals surface area contributed by atoms with Gasteiger partial charge in [0.1, 0.15) is 0 Å². The first-order valence-corrected chi connectivity index (χ1v) is 9.48. The normalized spacial score (nSPS) is 15.9. The second kappa shape index (κ2) is 9.63. The first kappa shape index (κ1) is 19.5. The van der Waals surface area contributed by atoms with E-state index < -0.39 is 0 Å². The summed E-state index contributed by atoms with van der Waals surface area (Å²) in [7, 11) is 0. The van der Waals surface area contributed by atoms with Crippen molar-refractivity contribution in [2.75, 3.05) is 13.1 Å². The van der Waals surface area contributed by atoms with Crippen LogP contribution >= 0.6 is 23.4 Å². The van der Waals surface area contributed by atoms with E-state index in [1.807, 2.05) is 0 Å². The average Bonchev–Trinajstić information content (AvgIpc) is 2.84. The topological polar surface area (TPSA) is 66.5 Å². The van der Waals surface area contributed by atoms with Gasteiger partial charge in [-0.15, -0.1) is 0 Å². The lowest BCUT2D eigenvalue weighted by atomic mass is 10.2. The van der Waals surface area contributed by atoms with E-state index in [1.54, 1.807) is 30.3 Å². The molecule has 0 radical (unpaired) electrons. The van der Waals surface area contributed by atoms with Crippen LogP contribution in [-0.2, 0) is 9.59 Å². The van der Waals surface area contributed by atoms with E-state index in [9.17, 15) is 14.4 Å². The van der Waals surface area contributed by atoms with E-state index in [0.717, 1.165) is 36.6 Å². The maximum Gasteiger partial charge on any atom is 0.293 e. The molecule has 0 unspecified atom stereocenters. The van der Waals surface area contributed by atoms with Crippen LogP contribution in [0, 0.1) is 0 Å². The van der Waals surface area contributed by atoms with Crippen LogP contribution in [0.5, 0.6) is 0 Å². The number of halogens is 1. The summed E-state index contributed by atoms with van der Waals surface area (Å²) in [6, 6.07) is 7.02. The van der Waals surface area contributed by atoms with Gasteiger partial charge in [-0.3, -0.25) is 19.3 Å². The van der Waals surface area contributed by atoms with Crippen molar-refractivity contribution in [1.29, 1.82) is 0 Å². The molecule has 0 spiro atoms. The highest BCUT2D eigenvalue weighted by molar-refractivity contribution is 8.18. The molecule has 7 heteroatoms. The molecule has 5 nitrogen and oxygen atoms in total. The number of carbonyl (C=O) groups excluding carboxylic acids is 3. The fraction of sp³-hybridized carbons (Fsp3) is 0.389. The summed E-state index contributed by atoms with van der Waals surface area (Å²) in [5, 5.41) is 3.05. The van der Waals surface area contributed by atoms with Crippen LogP contribution in [0.3, 0.4) is 0 Å². The fourth-order valence-corrected chi connectivity index (χ4v) is 3.33. The molecule has 0 aromatic heterocycles. The van der Waals surface area contributed by atoms with E-state index in [4.69, 9.17) is 11.6 Å². The van der Waals surface area contributed by atoms with Gasteiger partial charge < -0.3 is 5.32 Å². The molecule has 0 saturated carbocycles. The third-order valence-corrected chi connectivity index (χ3v) is 4.87. The van der Waals surface area contributed by atoms with Gasteiger partial charge in [-0.05, 0) is 42.0 Å². The van der Waals surface area contributed by atoms with Crippen molar-refractivity contribution in [1.82, 2.24) is 10.2 Å². The number of carbonyl (C=O) groups is 3. The molecule has 1 saturated heterocycles. The van der Waals surface area contributed by atoms with Crippen LogP contribution in [0.1, 0.15) is 38.2 Å². The minimum absolute atomic E-state index is 0.0443. The highest BCUT2D eigenvalue weighted by Crippen LogP contribution is 2.32. The van der Waals surface area contributed by atoms with Crippen LogP contribution < -0.4 is 5.32 Å². The van der Waals surface area contributed by atoms with Gasteiger partial charge in [0.15, 0.2) is 0 Å². The molecular formula is C18H21ClN2O3S. The molecule has 3 amide bonds. The lowest BCUT2D eigenvalue weighted by Gasteiger charge is -2.12. The highest BCUT2D eigenvalue weighted by atomic mass is 35.5. The van der Waals surface area contributed by atoms with Crippen molar-refractivity contribution in [3.05, 3.63) is 39.8 Å². The van der Waals surface area contributed by atoms with Crippen molar-refractivity contribution in [3.63, 3.8) is 0 Å². The van der Waals surface area contributed by atoms with E-state index in [1.165, 1.54) is 4.90 Å². The van der Waals surface area contributed by atoms with Crippen molar-refractivity contribution in [2.45, 2.75) is 32.6 Å². The monoisotopic (exact) mass is 380 g/mol. The van der Waals surface area contributed by atoms with Crippen LogP contribution in [-0.4, -0.2) is 35.0 Å². The Bertz CT molecular complexity index is 673. The first-order chi connectivity index (χ1) is 12.0. The van der Waals surface area contributed by atoms with Crippen molar-refractivity contribution in [2.24, 2.45) is 0 Å². The third kappa shape index (κ3) is 5.90. The predicted octanol–water partition coefficient (Wildman–Crippen LogP) is 4.07. The minimum atomic E-state index is -0.329. The Morgan fingerprint density at radius 3 is 2.64 bits per heavy atom. The predicted molar refractivity (Wildman–Crippen MR) is 101 cm³/mol. The van der Waals surface area contributed by atoms with Gasteiger partial charge in [0.2, 0.25) is 5.91 Å². The van der Waals surface area contributed by atoms with Crippen LogP contribution in [0.25, 0.3) is 6.08 Å². The Labute approximate surface area is 156 Å². The van der Waals surface area contributed by atoms with Crippen molar-refractivity contribution < 1.29 is 14.4 Å². The first-order valence-electron chi connectivity index (χ1n) is 8.29. The number of amides is 3. The summed E-state index contributed by atoms with van der Waals surface area (Å²) in [4.78, 5) is 37.6. The molecule has 1 heterocycles. The summed E-state index contributed by atoms with van der Waals surface area (Å²) < 4.78 is 0. The number of hydrogen-bond acceptors (Lipinski definition) is 4. The zero-order valence-corrected chi connectivity index (χ0v) is 15.7. The van der Waals surface area contributed by atoms with Crippen molar-refractivity contribution >= 4 is 46.5 Å². The Hall–Kier alpha value is -1.79. The molecule has 0 atom stereocenters. The Morgan fingerprint density at radius 2 is 1.96 bits per heavy atom. The Kier molecular flexibility index (Phi) is 7.52. The van der Waals surface area contributed by atoms with Crippen molar-refractivity contribution in [3.8, 4) is 0 Å². The number of rotatable bonds is 8. The molecule has 0 bridgehead atoms. The number of imide groups is 1. The highest BCUT2D eigenvalue weighted by Gasteiger charge is 2.34. The zero-order valence-electron chi connectivity index (χ0n) is 14.1. The maximum absolute atomic E-state index is 12.4. The summed E-state index contributed by atoms with van der Waals surface area (Å²) >= 11 is 6.75. The number of hydrogen-bond donors (Lipinski definition) is 1. The Morgan fingerprint density at radius 1 is 1.24 bits per heavy atom. The van der Waals surface area contributed by atoms with Crippen LogP contribution in [0.2, 0.25) is 5.02 Å². The molecule has 0 aliphatic carbocycles. The summed E-state index contributed by atoms with van der Waals surface area (Å²) in [5.41, 5.74) is 0.805. The standard InChI is InChI=1S/C18H21ClN2O3S/c1-2-3-4-5-16(22)20-10-11-21-17(23)15(25-18(21)24)12-13-6-8-14(19)9-7-13/h6-9,12H,2-5,10-11H2,1H3,(H,20,22)/b15-12+. The molecule has 1 aromatic carbocycles. The second-order valence-corrected chi connectivity index (χ2v) is 7.12. The fourth-order valence-electron chi connectivity index (χ4n) is 2.33. The van der Waals surface area contributed by atoms with E-state index in [2.05, 4.69) is 12.2 Å². The molecule has 1 fully saturated rings. The van der Waals surface area contributed by atoms with Crippen LogP contribution in [0.4, 0.5) is 4.79 Å². The minimum Gasteiger partial charge on any atom is -0.354 e.